The molecule has 0 amide bonds. The molecular weight excluding hydrogens is 232 g/mol. The number of aromatic nitrogens is 2. The average Bonchev–Trinajstić information content (AvgIpc) is 2.66. The molecule has 0 radical (unpaired) electrons. The van der Waals surface area contributed by atoms with Gasteiger partial charge in [0.25, 0.3) is 5.56 Å². The third-order valence-electron chi connectivity index (χ3n) is 2.57. The summed E-state index contributed by atoms with van der Waals surface area (Å²) in [6, 6.07) is 9.07. The van der Waals surface area contributed by atoms with E-state index in [1.54, 1.807) is 26.0 Å². The maximum Gasteiger partial charge on any atom is 0.345 e. The Labute approximate surface area is 104 Å². The van der Waals surface area contributed by atoms with Crippen molar-refractivity contribution in [3.05, 3.63) is 51.9 Å². The van der Waals surface area contributed by atoms with E-state index in [-0.39, 0.29) is 12.2 Å². The van der Waals surface area contributed by atoms with Gasteiger partial charge in [-0.25, -0.2) is 9.48 Å². The quantitative estimate of drug-likeness (QED) is 0.837. The summed E-state index contributed by atoms with van der Waals surface area (Å²) >= 11 is 0. The number of H-pyrrole nitrogens is 1. The number of hydrogen-bond donors (Lipinski definition) is 1. The van der Waals surface area contributed by atoms with Crippen LogP contribution in [0.4, 0.5) is 0 Å². The van der Waals surface area contributed by atoms with Gasteiger partial charge < -0.3 is 4.74 Å². The van der Waals surface area contributed by atoms with E-state index in [0.29, 0.717) is 11.4 Å². The van der Waals surface area contributed by atoms with E-state index in [9.17, 15) is 9.59 Å². The minimum absolute atomic E-state index is 0.0562. The predicted octanol–water partition coefficient (Wildman–Crippen LogP) is 1.65. The third-order valence-corrected chi connectivity index (χ3v) is 2.57. The molecule has 2 rings (SSSR count). The van der Waals surface area contributed by atoms with Crippen LogP contribution < -0.4 is 5.56 Å². The van der Waals surface area contributed by atoms with Gasteiger partial charge in [0, 0.05) is 5.69 Å². The zero-order chi connectivity index (χ0) is 13.1. The van der Waals surface area contributed by atoms with E-state index in [1.165, 1.54) is 4.68 Å². The van der Waals surface area contributed by atoms with Gasteiger partial charge in [0.2, 0.25) is 0 Å². The number of carbonyl (C=O) groups excluding carboxylic acids is 1. The van der Waals surface area contributed by atoms with Crippen LogP contribution in [-0.2, 0) is 4.74 Å². The number of carbonyl (C=O) groups is 1. The first-order valence-corrected chi connectivity index (χ1v) is 5.69. The van der Waals surface area contributed by atoms with Crippen molar-refractivity contribution in [2.24, 2.45) is 0 Å². The van der Waals surface area contributed by atoms with Gasteiger partial charge in [0.1, 0.15) is 5.56 Å². The highest BCUT2D eigenvalue weighted by Crippen LogP contribution is 2.07. The smallest absolute Gasteiger partial charge is 0.345 e. The molecule has 0 aliphatic carbocycles. The van der Waals surface area contributed by atoms with Crippen LogP contribution in [0.25, 0.3) is 5.69 Å². The van der Waals surface area contributed by atoms with Crippen LogP contribution in [-0.4, -0.2) is 22.4 Å². The second-order valence-electron chi connectivity index (χ2n) is 3.81. The van der Waals surface area contributed by atoms with Gasteiger partial charge in [-0.05, 0) is 26.0 Å². The van der Waals surface area contributed by atoms with E-state index in [2.05, 4.69) is 5.10 Å². The number of aromatic amines is 1. The minimum Gasteiger partial charge on any atom is -0.462 e. The van der Waals surface area contributed by atoms with Crippen LogP contribution in [0.5, 0.6) is 0 Å². The van der Waals surface area contributed by atoms with Crippen LogP contribution in [0, 0.1) is 6.92 Å². The van der Waals surface area contributed by atoms with Crippen molar-refractivity contribution in [2.45, 2.75) is 13.8 Å². The van der Waals surface area contributed by atoms with Crippen molar-refractivity contribution < 1.29 is 9.53 Å². The lowest BCUT2D eigenvalue weighted by atomic mass is 10.2. The maximum absolute atomic E-state index is 12.1. The standard InChI is InChI=1S/C13H14N2O3/c1-3-18-13(17)11-9(2)14-15(12(11)16)10-7-5-4-6-8-10/h4-8,14H,3H2,1-2H3. The molecule has 0 fully saturated rings. The van der Waals surface area contributed by atoms with Gasteiger partial charge in [-0.2, -0.15) is 0 Å². The Morgan fingerprint density at radius 2 is 2.00 bits per heavy atom. The SMILES string of the molecule is CCOC(=O)c1c(C)[nH]n(-c2ccccc2)c1=O. The maximum atomic E-state index is 12.1. The van der Waals surface area contributed by atoms with Crippen LogP contribution in [0.2, 0.25) is 0 Å². The fraction of sp³-hybridized carbons (Fsp3) is 0.231. The zero-order valence-corrected chi connectivity index (χ0v) is 10.3. The van der Waals surface area contributed by atoms with Gasteiger partial charge in [0.05, 0.1) is 12.3 Å². The van der Waals surface area contributed by atoms with E-state index >= 15 is 0 Å². The highest BCUT2D eigenvalue weighted by molar-refractivity contribution is 5.90. The number of rotatable bonds is 3. The van der Waals surface area contributed by atoms with Crippen molar-refractivity contribution >= 4 is 5.97 Å². The van der Waals surface area contributed by atoms with Gasteiger partial charge in [0.15, 0.2) is 0 Å². The van der Waals surface area contributed by atoms with Gasteiger partial charge >= 0.3 is 5.97 Å². The van der Waals surface area contributed by atoms with Crippen LogP contribution in [0.3, 0.4) is 0 Å². The topological polar surface area (TPSA) is 64.1 Å². The summed E-state index contributed by atoms with van der Waals surface area (Å²) in [5.74, 6) is -0.592. The fourth-order valence-electron chi connectivity index (χ4n) is 1.75. The van der Waals surface area contributed by atoms with E-state index in [1.807, 2.05) is 18.2 Å². The number of benzene rings is 1. The first kappa shape index (κ1) is 12.2. The Hall–Kier alpha value is -2.30. The monoisotopic (exact) mass is 246 g/mol. The summed E-state index contributed by atoms with van der Waals surface area (Å²) in [6.07, 6.45) is 0. The molecular formula is C13H14N2O3. The number of hydrogen-bond acceptors (Lipinski definition) is 3. The van der Waals surface area contributed by atoms with Crippen molar-refractivity contribution in [1.29, 1.82) is 0 Å². The molecule has 0 bridgehead atoms. The molecule has 0 aliphatic heterocycles. The van der Waals surface area contributed by atoms with Crippen LogP contribution in [0.15, 0.2) is 35.1 Å². The molecule has 5 heteroatoms. The first-order chi connectivity index (χ1) is 8.65. The van der Waals surface area contributed by atoms with Crippen LogP contribution >= 0.6 is 0 Å². The highest BCUT2D eigenvalue weighted by Gasteiger charge is 2.20. The first-order valence-electron chi connectivity index (χ1n) is 5.69. The van der Waals surface area contributed by atoms with E-state index in [0.717, 1.165) is 0 Å². The zero-order valence-electron chi connectivity index (χ0n) is 10.3. The summed E-state index contributed by atoms with van der Waals surface area (Å²) in [4.78, 5) is 23.8. The summed E-state index contributed by atoms with van der Waals surface area (Å²) < 4.78 is 6.20. The molecule has 94 valence electrons. The molecule has 1 aromatic carbocycles. The molecule has 0 saturated heterocycles. The van der Waals surface area contributed by atoms with Crippen LogP contribution in [0.1, 0.15) is 23.0 Å². The Balaban J connectivity index is 2.51. The van der Waals surface area contributed by atoms with Gasteiger partial charge in [-0.3, -0.25) is 9.89 Å². The minimum atomic E-state index is -0.592. The van der Waals surface area contributed by atoms with Gasteiger partial charge in [-0.15, -0.1) is 0 Å². The van der Waals surface area contributed by atoms with E-state index < -0.39 is 11.5 Å². The molecule has 1 aromatic heterocycles. The average molecular weight is 246 g/mol. The molecule has 0 unspecified atom stereocenters. The number of nitrogens with one attached hydrogen (secondary N) is 1. The summed E-state index contributed by atoms with van der Waals surface area (Å²) in [5.41, 5.74) is 0.848. The lowest BCUT2D eigenvalue weighted by Gasteiger charge is -1.99. The van der Waals surface area contributed by atoms with Crippen molar-refractivity contribution in [1.82, 2.24) is 9.78 Å². The molecule has 1 heterocycles. The largest absolute Gasteiger partial charge is 0.462 e. The molecule has 18 heavy (non-hydrogen) atoms. The van der Waals surface area contributed by atoms with Crippen molar-refractivity contribution in [2.75, 3.05) is 6.61 Å². The Morgan fingerprint density at radius 3 is 2.61 bits per heavy atom. The molecule has 1 N–H and O–H groups in total. The molecule has 0 spiro atoms. The molecule has 0 atom stereocenters. The summed E-state index contributed by atoms with van der Waals surface area (Å²) in [7, 11) is 0. The number of para-hydroxylation sites is 1. The summed E-state index contributed by atoms with van der Waals surface area (Å²) in [5, 5.41) is 2.87. The number of esters is 1. The van der Waals surface area contributed by atoms with Gasteiger partial charge in [-0.1, -0.05) is 18.2 Å². The lowest BCUT2D eigenvalue weighted by Crippen LogP contribution is -2.21. The van der Waals surface area contributed by atoms with E-state index in [4.69, 9.17) is 4.74 Å². The Kier molecular flexibility index (Phi) is 3.32. The number of nitrogens with zero attached hydrogens (tertiary/aromatic N) is 1. The second-order valence-corrected chi connectivity index (χ2v) is 3.81. The molecule has 2 aromatic rings. The summed E-state index contributed by atoms with van der Waals surface area (Å²) in [6.45, 7) is 3.62. The second kappa shape index (κ2) is 4.91. The third kappa shape index (κ3) is 2.07. The fourth-order valence-corrected chi connectivity index (χ4v) is 1.75. The normalized spacial score (nSPS) is 10.3. The highest BCUT2D eigenvalue weighted by atomic mass is 16.5. The Bertz CT molecular complexity index is 611. The molecule has 0 saturated carbocycles. The predicted molar refractivity (Wildman–Crippen MR) is 67.1 cm³/mol. The Morgan fingerprint density at radius 1 is 1.33 bits per heavy atom. The molecule has 0 aliphatic rings. The lowest BCUT2D eigenvalue weighted by molar-refractivity contribution is 0.0524. The van der Waals surface area contributed by atoms with Crippen molar-refractivity contribution in [3.63, 3.8) is 0 Å². The number of aryl methyl sites for hydroxylation is 1. The van der Waals surface area contributed by atoms with Crippen molar-refractivity contribution in [3.8, 4) is 5.69 Å². The number of ether oxygens (including phenoxy) is 1. The molecule has 5 nitrogen and oxygen atoms in total.